The molecule has 1 aliphatic heterocycles. The molecule has 208 valence electrons. The van der Waals surface area contributed by atoms with Gasteiger partial charge in [0.1, 0.15) is 29.2 Å². The molecule has 1 N–H and O–H groups in total. The Morgan fingerprint density at radius 2 is 1.74 bits per heavy atom. The van der Waals surface area contributed by atoms with Crippen LogP contribution in [0.1, 0.15) is 48.0 Å². The van der Waals surface area contributed by atoms with Gasteiger partial charge in [-0.05, 0) is 38.3 Å². The number of alkyl carbamates (subject to hydrolysis) is 1. The molecule has 0 saturated carbocycles. The van der Waals surface area contributed by atoms with Gasteiger partial charge in [0.05, 0.1) is 24.9 Å². The fourth-order valence-electron chi connectivity index (χ4n) is 4.62. The largest absolute Gasteiger partial charge is 0.497 e. The molecule has 0 spiro atoms. The number of aromatic nitrogens is 1. The molecule has 4 rings (SSSR count). The van der Waals surface area contributed by atoms with Crippen LogP contribution < -0.4 is 14.8 Å². The first kappa shape index (κ1) is 28.2. The van der Waals surface area contributed by atoms with Crippen molar-refractivity contribution in [3.8, 4) is 22.8 Å². The topological polar surface area (TPSA) is 90.0 Å². The molecule has 8 heteroatoms. The average molecular weight is 534 g/mol. The van der Waals surface area contributed by atoms with Crippen LogP contribution >= 0.6 is 0 Å². The second-order valence-corrected chi connectivity index (χ2v) is 12.0. The molecule has 2 amide bonds. The predicted octanol–water partition coefficient (Wildman–Crippen LogP) is 5.83. The highest BCUT2D eigenvalue weighted by Crippen LogP contribution is 2.34. The number of amides is 2. The number of fused-ring (bicyclic) bond motifs is 1. The number of ether oxygens (including phenoxy) is 3. The molecule has 2 atom stereocenters. The third kappa shape index (κ3) is 6.99. The van der Waals surface area contributed by atoms with E-state index in [0.29, 0.717) is 25.3 Å². The molecule has 0 radical (unpaired) electrons. The molecule has 1 saturated heterocycles. The van der Waals surface area contributed by atoms with Gasteiger partial charge < -0.3 is 24.4 Å². The van der Waals surface area contributed by atoms with Crippen LogP contribution in [-0.2, 0) is 9.53 Å². The number of nitrogens with zero attached hydrogens (tertiary/aromatic N) is 2. The van der Waals surface area contributed by atoms with E-state index in [4.69, 9.17) is 19.2 Å². The van der Waals surface area contributed by atoms with Gasteiger partial charge in [-0.25, -0.2) is 9.78 Å². The molecular weight excluding hydrogens is 494 g/mol. The number of methoxy groups -OCH3 is 1. The third-order valence-electron chi connectivity index (χ3n) is 6.57. The second-order valence-electron chi connectivity index (χ2n) is 12.0. The molecule has 1 fully saturated rings. The van der Waals surface area contributed by atoms with Crippen molar-refractivity contribution in [3.05, 3.63) is 54.6 Å². The maximum atomic E-state index is 13.6. The second kappa shape index (κ2) is 11.1. The molecule has 3 aromatic rings. The summed E-state index contributed by atoms with van der Waals surface area (Å²) in [6, 6.07) is 16.9. The molecule has 1 aromatic heterocycles. The SMILES string of the molecule is COc1ccc2c(O[C@@H]3CCN(C(=O)[C@@H](NC(=O)OC(C)(C)C)C(C)(C)C)C3)cc(-c3ccccc3)nc2c1. The number of hydrogen-bond acceptors (Lipinski definition) is 6. The zero-order valence-electron chi connectivity index (χ0n) is 23.9. The molecule has 0 unspecified atom stereocenters. The highest BCUT2D eigenvalue weighted by molar-refractivity contribution is 5.89. The Morgan fingerprint density at radius 1 is 1.03 bits per heavy atom. The van der Waals surface area contributed by atoms with Crippen molar-refractivity contribution in [1.82, 2.24) is 15.2 Å². The van der Waals surface area contributed by atoms with E-state index in [0.717, 1.165) is 27.9 Å². The fraction of sp³-hybridized carbons (Fsp3) is 0.452. The van der Waals surface area contributed by atoms with Gasteiger partial charge in [-0.3, -0.25) is 4.79 Å². The van der Waals surface area contributed by atoms with Gasteiger partial charge in [-0.15, -0.1) is 0 Å². The van der Waals surface area contributed by atoms with Crippen LogP contribution in [0.25, 0.3) is 22.2 Å². The highest BCUT2D eigenvalue weighted by atomic mass is 16.6. The van der Waals surface area contributed by atoms with Gasteiger partial charge >= 0.3 is 6.09 Å². The molecule has 2 aromatic carbocycles. The first-order chi connectivity index (χ1) is 18.3. The van der Waals surface area contributed by atoms with Crippen LogP contribution in [-0.4, -0.2) is 59.8 Å². The zero-order valence-corrected chi connectivity index (χ0v) is 23.9. The summed E-state index contributed by atoms with van der Waals surface area (Å²) in [5.41, 5.74) is 1.39. The maximum absolute atomic E-state index is 13.6. The monoisotopic (exact) mass is 533 g/mol. The van der Waals surface area contributed by atoms with E-state index in [-0.39, 0.29) is 12.0 Å². The van der Waals surface area contributed by atoms with E-state index < -0.39 is 23.2 Å². The van der Waals surface area contributed by atoms with Crippen molar-refractivity contribution in [2.75, 3.05) is 20.2 Å². The number of nitrogens with one attached hydrogen (secondary N) is 1. The minimum atomic E-state index is -0.731. The van der Waals surface area contributed by atoms with Crippen LogP contribution in [0.4, 0.5) is 4.79 Å². The number of pyridine rings is 1. The summed E-state index contributed by atoms with van der Waals surface area (Å²) in [6.07, 6.45) is -0.127. The standard InChI is InChI=1S/C31H39N3O5/c1-30(2,3)27(33-29(36)39-31(4,5)6)28(35)34-16-15-22(19-34)38-26-18-24(20-11-9-8-10-12-20)32-25-17-21(37-7)13-14-23(25)26/h8-14,17-18,22,27H,15-16,19H2,1-7H3,(H,33,36)/t22-,27-/m1/s1. The maximum Gasteiger partial charge on any atom is 0.408 e. The van der Waals surface area contributed by atoms with Crippen LogP contribution in [0.5, 0.6) is 11.5 Å². The molecule has 0 aliphatic carbocycles. The Labute approximate surface area is 230 Å². The van der Waals surface area contributed by atoms with Gasteiger partial charge in [-0.1, -0.05) is 51.1 Å². The lowest BCUT2D eigenvalue weighted by Gasteiger charge is -2.34. The first-order valence-electron chi connectivity index (χ1n) is 13.3. The Hall–Kier alpha value is -3.81. The molecule has 8 nitrogen and oxygen atoms in total. The highest BCUT2D eigenvalue weighted by Gasteiger charge is 2.39. The number of likely N-dealkylation sites (tertiary alicyclic amines) is 1. The number of rotatable bonds is 6. The molecule has 39 heavy (non-hydrogen) atoms. The van der Waals surface area contributed by atoms with E-state index in [9.17, 15) is 9.59 Å². The van der Waals surface area contributed by atoms with Gasteiger partial charge in [0.15, 0.2) is 0 Å². The quantitative estimate of drug-likeness (QED) is 0.429. The Kier molecular flexibility index (Phi) is 8.04. The minimum Gasteiger partial charge on any atom is -0.497 e. The van der Waals surface area contributed by atoms with Gasteiger partial charge in [0.2, 0.25) is 5.91 Å². The van der Waals surface area contributed by atoms with Crippen molar-refractivity contribution in [2.24, 2.45) is 5.41 Å². The van der Waals surface area contributed by atoms with Gasteiger partial charge in [0, 0.05) is 36.0 Å². The Balaban J connectivity index is 1.55. The van der Waals surface area contributed by atoms with Crippen LogP contribution in [0.2, 0.25) is 0 Å². The summed E-state index contributed by atoms with van der Waals surface area (Å²) in [5.74, 6) is 1.28. The zero-order chi connectivity index (χ0) is 28.4. The minimum absolute atomic E-state index is 0.145. The van der Waals surface area contributed by atoms with Crippen LogP contribution in [0, 0.1) is 5.41 Å². The summed E-state index contributed by atoms with van der Waals surface area (Å²) in [4.78, 5) is 32.7. The summed E-state index contributed by atoms with van der Waals surface area (Å²) >= 11 is 0. The Bertz CT molecular complexity index is 1330. The van der Waals surface area contributed by atoms with E-state index in [2.05, 4.69) is 5.32 Å². The summed E-state index contributed by atoms with van der Waals surface area (Å²) in [6.45, 7) is 12.1. The normalized spacial score (nSPS) is 16.6. The van der Waals surface area contributed by atoms with Gasteiger partial charge in [-0.2, -0.15) is 0 Å². The van der Waals surface area contributed by atoms with Crippen molar-refractivity contribution in [3.63, 3.8) is 0 Å². The number of carbonyl (C=O) groups excluding carboxylic acids is 2. The number of benzene rings is 2. The number of hydrogen-bond donors (Lipinski definition) is 1. The lowest BCUT2D eigenvalue weighted by Crippen LogP contribution is -2.55. The van der Waals surface area contributed by atoms with Crippen molar-refractivity contribution < 1.29 is 23.8 Å². The van der Waals surface area contributed by atoms with E-state index in [1.807, 2.05) is 75.4 Å². The van der Waals surface area contributed by atoms with Gasteiger partial charge in [0.25, 0.3) is 0 Å². The molecule has 0 bridgehead atoms. The molecule has 2 heterocycles. The smallest absolute Gasteiger partial charge is 0.408 e. The van der Waals surface area contributed by atoms with Crippen molar-refractivity contribution >= 4 is 22.9 Å². The predicted molar refractivity (Wildman–Crippen MR) is 152 cm³/mol. The summed E-state index contributed by atoms with van der Waals surface area (Å²) in [7, 11) is 1.63. The third-order valence-corrected chi connectivity index (χ3v) is 6.57. The van der Waals surface area contributed by atoms with E-state index in [1.165, 1.54) is 0 Å². The number of carbonyl (C=O) groups is 2. The van der Waals surface area contributed by atoms with Crippen LogP contribution in [0.15, 0.2) is 54.6 Å². The lowest BCUT2D eigenvalue weighted by atomic mass is 9.86. The van der Waals surface area contributed by atoms with Crippen LogP contribution in [0.3, 0.4) is 0 Å². The van der Waals surface area contributed by atoms with Crippen molar-refractivity contribution in [2.45, 2.75) is 65.7 Å². The summed E-state index contributed by atoms with van der Waals surface area (Å²) in [5, 5.41) is 3.68. The Morgan fingerprint density at radius 3 is 2.38 bits per heavy atom. The first-order valence-corrected chi connectivity index (χ1v) is 13.3. The lowest BCUT2D eigenvalue weighted by molar-refractivity contribution is -0.135. The van der Waals surface area contributed by atoms with Crippen molar-refractivity contribution in [1.29, 1.82) is 0 Å². The molecule has 1 aliphatic rings. The van der Waals surface area contributed by atoms with E-state index >= 15 is 0 Å². The fourth-order valence-corrected chi connectivity index (χ4v) is 4.62. The average Bonchev–Trinajstić information content (AvgIpc) is 3.34. The van der Waals surface area contributed by atoms with E-state index in [1.54, 1.807) is 32.8 Å². The molecular formula is C31H39N3O5. The summed E-state index contributed by atoms with van der Waals surface area (Å²) < 4.78 is 17.4.